The summed E-state index contributed by atoms with van der Waals surface area (Å²) in [6, 6.07) is 17.9. The molecular formula is C22H32IN5O. The van der Waals surface area contributed by atoms with E-state index in [-0.39, 0.29) is 29.9 Å². The second-order valence-corrected chi connectivity index (χ2v) is 6.36. The largest absolute Gasteiger partial charge is 0.385 e. The average Bonchev–Trinajstić information content (AvgIpc) is 2.74. The van der Waals surface area contributed by atoms with Gasteiger partial charge in [-0.1, -0.05) is 30.3 Å². The van der Waals surface area contributed by atoms with Gasteiger partial charge in [0.15, 0.2) is 5.96 Å². The molecule has 0 aromatic heterocycles. The first kappa shape index (κ1) is 24.7. The van der Waals surface area contributed by atoms with Crippen molar-refractivity contribution in [2.75, 3.05) is 38.5 Å². The van der Waals surface area contributed by atoms with Crippen molar-refractivity contribution in [2.24, 2.45) is 4.99 Å². The Morgan fingerprint density at radius 1 is 1.00 bits per heavy atom. The third-order valence-electron chi connectivity index (χ3n) is 4.17. The fourth-order valence-corrected chi connectivity index (χ4v) is 2.74. The number of carbonyl (C=O) groups is 1. The number of hydrogen-bond acceptors (Lipinski definition) is 3. The lowest BCUT2D eigenvalue weighted by Crippen LogP contribution is -2.38. The monoisotopic (exact) mass is 509 g/mol. The first-order chi connectivity index (χ1) is 13.7. The standard InChI is InChI=1S/C22H31N5O.HI/c1-3-24-22(26-15-8-14-25-20-11-5-4-6-12-20)27-16-13-18-9-7-10-19(17-18)21(28)23-2;/h4-7,9-12,17,25H,3,8,13-16H2,1-2H3,(H,23,28)(H2,24,26,27);1H. The fourth-order valence-electron chi connectivity index (χ4n) is 2.74. The lowest BCUT2D eigenvalue weighted by Gasteiger charge is -2.12. The molecule has 0 fully saturated rings. The normalized spacial score (nSPS) is 10.6. The molecule has 29 heavy (non-hydrogen) atoms. The Morgan fingerprint density at radius 3 is 2.52 bits per heavy atom. The molecule has 0 bridgehead atoms. The van der Waals surface area contributed by atoms with Crippen molar-refractivity contribution in [3.8, 4) is 0 Å². The lowest BCUT2D eigenvalue weighted by atomic mass is 10.1. The molecule has 7 heteroatoms. The van der Waals surface area contributed by atoms with Gasteiger partial charge in [-0.2, -0.15) is 0 Å². The van der Waals surface area contributed by atoms with Crippen molar-refractivity contribution in [3.05, 3.63) is 65.7 Å². The molecule has 0 radical (unpaired) electrons. The first-order valence-corrected chi connectivity index (χ1v) is 9.85. The third kappa shape index (κ3) is 9.65. The van der Waals surface area contributed by atoms with Gasteiger partial charge in [0.2, 0.25) is 0 Å². The molecule has 158 valence electrons. The molecule has 0 aliphatic rings. The quantitative estimate of drug-likeness (QED) is 0.172. The van der Waals surface area contributed by atoms with E-state index in [2.05, 4.69) is 45.3 Å². The van der Waals surface area contributed by atoms with Gasteiger partial charge >= 0.3 is 0 Å². The van der Waals surface area contributed by atoms with Crippen LogP contribution in [0.5, 0.6) is 0 Å². The Bertz CT molecular complexity index is 752. The topological polar surface area (TPSA) is 77.6 Å². The van der Waals surface area contributed by atoms with Gasteiger partial charge in [0.05, 0.1) is 0 Å². The number of anilines is 1. The molecule has 2 aromatic rings. The SMILES string of the molecule is CCNC(=NCCCNc1ccccc1)NCCc1cccc(C(=O)NC)c1.I. The molecule has 0 aliphatic heterocycles. The van der Waals surface area contributed by atoms with Gasteiger partial charge < -0.3 is 21.3 Å². The Balaban J connectivity index is 0.00000420. The van der Waals surface area contributed by atoms with Crippen molar-refractivity contribution >= 4 is 41.5 Å². The van der Waals surface area contributed by atoms with E-state index in [0.29, 0.717) is 5.56 Å². The molecule has 0 unspecified atom stereocenters. The molecule has 1 amide bonds. The van der Waals surface area contributed by atoms with Gasteiger partial charge in [0, 0.05) is 44.5 Å². The predicted octanol–water partition coefficient (Wildman–Crippen LogP) is 3.26. The molecule has 0 saturated heterocycles. The summed E-state index contributed by atoms with van der Waals surface area (Å²) >= 11 is 0. The van der Waals surface area contributed by atoms with E-state index in [1.807, 2.05) is 42.5 Å². The van der Waals surface area contributed by atoms with Gasteiger partial charge in [-0.3, -0.25) is 9.79 Å². The number of para-hydroxylation sites is 1. The Hall–Kier alpha value is -2.29. The van der Waals surface area contributed by atoms with Crippen LogP contribution in [0.3, 0.4) is 0 Å². The minimum Gasteiger partial charge on any atom is -0.385 e. The number of nitrogens with one attached hydrogen (secondary N) is 4. The molecule has 0 spiro atoms. The number of benzene rings is 2. The summed E-state index contributed by atoms with van der Waals surface area (Å²) in [7, 11) is 1.64. The molecule has 4 N–H and O–H groups in total. The Labute approximate surface area is 191 Å². The molecule has 2 aromatic carbocycles. The summed E-state index contributed by atoms with van der Waals surface area (Å²) in [5, 5.41) is 12.7. The zero-order chi connectivity index (χ0) is 20.0. The molecule has 0 atom stereocenters. The van der Waals surface area contributed by atoms with Crippen LogP contribution in [-0.2, 0) is 6.42 Å². The molecular weight excluding hydrogens is 477 g/mol. The van der Waals surface area contributed by atoms with E-state index in [9.17, 15) is 4.79 Å². The zero-order valence-electron chi connectivity index (χ0n) is 17.2. The van der Waals surface area contributed by atoms with Crippen LogP contribution >= 0.6 is 24.0 Å². The fraction of sp³-hybridized carbons (Fsp3) is 0.364. The lowest BCUT2D eigenvalue weighted by molar-refractivity contribution is 0.0963. The second kappa shape index (κ2) is 14.7. The highest BCUT2D eigenvalue weighted by atomic mass is 127. The number of carbonyl (C=O) groups excluding carboxylic acids is 1. The van der Waals surface area contributed by atoms with E-state index < -0.39 is 0 Å². The Morgan fingerprint density at radius 2 is 1.79 bits per heavy atom. The summed E-state index contributed by atoms with van der Waals surface area (Å²) in [6.07, 6.45) is 1.78. The van der Waals surface area contributed by atoms with Crippen molar-refractivity contribution < 1.29 is 4.79 Å². The van der Waals surface area contributed by atoms with Crippen LogP contribution < -0.4 is 21.3 Å². The summed E-state index contributed by atoms with van der Waals surface area (Å²) < 4.78 is 0. The van der Waals surface area contributed by atoms with Crippen molar-refractivity contribution in [1.82, 2.24) is 16.0 Å². The first-order valence-electron chi connectivity index (χ1n) is 9.85. The number of nitrogens with zero attached hydrogens (tertiary/aromatic N) is 1. The van der Waals surface area contributed by atoms with E-state index in [0.717, 1.165) is 56.2 Å². The van der Waals surface area contributed by atoms with Crippen LogP contribution in [0.15, 0.2) is 59.6 Å². The molecule has 0 saturated carbocycles. The summed E-state index contributed by atoms with van der Waals surface area (Å²) in [5.41, 5.74) is 2.94. The summed E-state index contributed by atoms with van der Waals surface area (Å²) in [4.78, 5) is 16.4. The van der Waals surface area contributed by atoms with Crippen LogP contribution in [0, 0.1) is 0 Å². The molecule has 0 heterocycles. The van der Waals surface area contributed by atoms with Crippen molar-refractivity contribution in [1.29, 1.82) is 0 Å². The summed E-state index contributed by atoms with van der Waals surface area (Å²) in [6.45, 7) is 5.27. The van der Waals surface area contributed by atoms with E-state index >= 15 is 0 Å². The predicted molar refractivity (Wildman–Crippen MR) is 132 cm³/mol. The van der Waals surface area contributed by atoms with Gasteiger partial charge in [-0.05, 0) is 49.6 Å². The highest BCUT2D eigenvalue weighted by Crippen LogP contribution is 2.06. The third-order valence-corrected chi connectivity index (χ3v) is 4.17. The number of aliphatic imine (C=N–C) groups is 1. The molecule has 0 aliphatic carbocycles. The smallest absolute Gasteiger partial charge is 0.251 e. The summed E-state index contributed by atoms with van der Waals surface area (Å²) in [5.74, 6) is 0.762. The van der Waals surface area contributed by atoms with Crippen LogP contribution in [-0.4, -0.2) is 45.1 Å². The number of halogens is 1. The van der Waals surface area contributed by atoms with Crippen LogP contribution in [0.4, 0.5) is 5.69 Å². The highest BCUT2D eigenvalue weighted by Gasteiger charge is 2.04. The number of rotatable bonds is 10. The molecule has 6 nitrogen and oxygen atoms in total. The van der Waals surface area contributed by atoms with E-state index in [1.54, 1.807) is 7.05 Å². The Kier molecular flexibility index (Phi) is 12.5. The second-order valence-electron chi connectivity index (χ2n) is 6.36. The van der Waals surface area contributed by atoms with Crippen LogP contribution in [0.25, 0.3) is 0 Å². The van der Waals surface area contributed by atoms with Crippen LogP contribution in [0.1, 0.15) is 29.3 Å². The van der Waals surface area contributed by atoms with Crippen molar-refractivity contribution in [3.63, 3.8) is 0 Å². The number of hydrogen-bond donors (Lipinski definition) is 4. The average molecular weight is 509 g/mol. The van der Waals surface area contributed by atoms with E-state index in [1.165, 1.54) is 0 Å². The minimum absolute atomic E-state index is 0. The number of amides is 1. The zero-order valence-corrected chi connectivity index (χ0v) is 19.5. The maximum atomic E-state index is 11.7. The van der Waals surface area contributed by atoms with E-state index in [4.69, 9.17) is 0 Å². The van der Waals surface area contributed by atoms with Crippen molar-refractivity contribution in [2.45, 2.75) is 19.8 Å². The van der Waals surface area contributed by atoms with Gasteiger partial charge in [0.1, 0.15) is 0 Å². The minimum atomic E-state index is -0.0613. The maximum absolute atomic E-state index is 11.7. The van der Waals surface area contributed by atoms with Gasteiger partial charge in [-0.25, -0.2) is 0 Å². The van der Waals surface area contributed by atoms with Crippen LogP contribution in [0.2, 0.25) is 0 Å². The highest BCUT2D eigenvalue weighted by molar-refractivity contribution is 14.0. The molecule has 2 rings (SSSR count). The maximum Gasteiger partial charge on any atom is 0.251 e. The van der Waals surface area contributed by atoms with Gasteiger partial charge in [0.25, 0.3) is 5.91 Å². The number of guanidine groups is 1. The van der Waals surface area contributed by atoms with Gasteiger partial charge in [-0.15, -0.1) is 24.0 Å².